The van der Waals surface area contributed by atoms with Crippen LogP contribution in [-0.4, -0.2) is 28.7 Å². The van der Waals surface area contributed by atoms with Gasteiger partial charge in [0.25, 0.3) is 5.91 Å². The Morgan fingerprint density at radius 3 is 2.80 bits per heavy atom. The summed E-state index contributed by atoms with van der Waals surface area (Å²) < 4.78 is 5.33. The summed E-state index contributed by atoms with van der Waals surface area (Å²) in [7, 11) is 0. The molecule has 20 heavy (non-hydrogen) atoms. The molecule has 2 aromatic rings. The van der Waals surface area contributed by atoms with Crippen molar-refractivity contribution in [3.63, 3.8) is 0 Å². The van der Waals surface area contributed by atoms with Crippen LogP contribution in [0.5, 0.6) is 5.75 Å². The van der Waals surface area contributed by atoms with Crippen molar-refractivity contribution in [3.8, 4) is 5.75 Å². The molecule has 6 nitrogen and oxygen atoms in total. The van der Waals surface area contributed by atoms with E-state index in [1.54, 1.807) is 6.21 Å². The number of hydrazone groups is 1. The molecule has 0 aliphatic carbocycles. The molecule has 1 aromatic carbocycles. The second-order valence-corrected chi connectivity index (χ2v) is 3.79. The fraction of sp³-hybridized carbons (Fsp3) is 0.143. The highest BCUT2D eigenvalue weighted by atomic mass is 16.5. The van der Waals surface area contributed by atoms with E-state index in [0.717, 1.165) is 11.3 Å². The number of nitrogens with one attached hydrogen (secondary N) is 1. The monoisotopic (exact) mass is 270 g/mol. The maximum atomic E-state index is 11.6. The average Bonchev–Trinajstić information content (AvgIpc) is 2.50. The second-order valence-electron chi connectivity index (χ2n) is 3.79. The average molecular weight is 270 g/mol. The third kappa shape index (κ3) is 3.88. The Balaban J connectivity index is 1.91. The van der Waals surface area contributed by atoms with Crippen molar-refractivity contribution < 1.29 is 9.53 Å². The van der Waals surface area contributed by atoms with Gasteiger partial charge < -0.3 is 4.74 Å². The minimum atomic E-state index is -0.403. The molecule has 0 unspecified atom stereocenters. The van der Waals surface area contributed by atoms with Crippen molar-refractivity contribution in [2.45, 2.75) is 6.92 Å². The quantitative estimate of drug-likeness (QED) is 0.662. The third-order valence-corrected chi connectivity index (χ3v) is 2.37. The number of hydrogen-bond donors (Lipinski definition) is 1. The predicted molar refractivity (Wildman–Crippen MR) is 74.7 cm³/mol. The van der Waals surface area contributed by atoms with E-state index >= 15 is 0 Å². The van der Waals surface area contributed by atoms with E-state index in [4.69, 9.17) is 4.74 Å². The van der Waals surface area contributed by atoms with Gasteiger partial charge in [-0.25, -0.2) is 10.4 Å². The first-order chi connectivity index (χ1) is 9.79. The lowest BCUT2D eigenvalue weighted by Crippen LogP contribution is -2.19. The molecule has 6 heteroatoms. The highest BCUT2D eigenvalue weighted by Gasteiger charge is 2.04. The lowest BCUT2D eigenvalue weighted by atomic mass is 10.2. The zero-order valence-corrected chi connectivity index (χ0v) is 11.0. The van der Waals surface area contributed by atoms with Gasteiger partial charge in [0, 0.05) is 12.4 Å². The SMILES string of the molecule is CCOc1ccc(/C=N/NC(=O)c2cnccn2)cc1. The van der Waals surface area contributed by atoms with Crippen molar-refractivity contribution in [2.24, 2.45) is 5.10 Å². The van der Waals surface area contributed by atoms with E-state index in [1.165, 1.54) is 18.6 Å². The maximum Gasteiger partial charge on any atom is 0.291 e. The Labute approximate surface area is 116 Å². The lowest BCUT2D eigenvalue weighted by molar-refractivity contribution is 0.0949. The zero-order chi connectivity index (χ0) is 14.2. The van der Waals surface area contributed by atoms with E-state index in [2.05, 4.69) is 20.5 Å². The predicted octanol–water partition coefficient (Wildman–Crippen LogP) is 1.64. The number of amides is 1. The zero-order valence-electron chi connectivity index (χ0n) is 11.0. The number of nitrogens with zero attached hydrogens (tertiary/aromatic N) is 3. The summed E-state index contributed by atoms with van der Waals surface area (Å²) in [6, 6.07) is 7.39. The van der Waals surface area contributed by atoms with Crippen LogP contribution in [0.15, 0.2) is 48.0 Å². The van der Waals surface area contributed by atoms with Crippen molar-refractivity contribution in [2.75, 3.05) is 6.61 Å². The first-order valence-electron chi connectivity index (χ1n) is 6.12. The summed E-state index contributed by atoms with van der Waals surface area (Å²) >= 11 is 0. The molecule has 2 rings (SSSR count). The maximum absolute atomic E-state index is 11.6. The largest absolute Gasteiger partial charge is 0.494 e. The topological polar surface area (TPSA) is 76.5 Å². The van der Waals surface area contributed by atoms with Crippen LogP contribution in [0.2, 0.25) is 0 Å². The standard InChI is InChI=1S/C14H14N4O2/c1-2-20-12-5-3-11(4-6-12)9-17-18-14(19)13-10-15-7-8-16-13/h3-10H,2H2,1H3,(H,18,19)/b17-9+. The number of hydrogen-bond acceptors (Lipinski definition) is 5. The van der Waals surface area contributed by atoms with Crippen LogP contribution < -0.4 is 10.2 Å². The van der Waals surface area contributed by atoms with Crippen LogP contribution in [0.3, 0.4) is 0 Å². The van der Waals surface area contributed by atoms with Crippen LogP contribution in [0.4, 0.5) is 0 Å². The first kappa shape index (κ1) is 13.7. The number of benzene rings is 1. The van der Waals surface area contributed by atoms with Crippen molar-refractivity contribution in [1.82, 2.24) is 15.4 Å². The number of rotatable bonds is 5. The van der Waals surface area contributed by atoms with Crippen LogP contribution in [0.25, 0.3) is 0 Å². The summed E-state index contributed by atoms with van der Waals surface area (Å²) in [6.07, 6.45) is 5.87. The van der Waals surface area contributed by atoms with E-state index in [1.807, 2.05) is 31.2 Å². The molecule has 0 saturated carbocycles. The van der Waals surface area contributed by atoms with Gasteiger partial charge in [-0.3, -0.25) is 9.78 Å². The van der Waals surface area contributed by atoms with E-state index in [0.29, 0.717) is 6.61 Å². The van der Waals surface area contributed by atoms with Gasteiger partial charge in [-0.05, 0) is 36.8 Å². The van der Waals surface area contributed by atoms with Gasteiger partial charge in [0.1, 0.15) is 11.4 Å². The van der Waals surface area contributed by atoms with Crippen LogP contribution in [0, 0.1) is 0 Å². The van der Waals surface area contributed by atoms with Gasteiger partial charge in [-0.1, -0.05) is 0 Å². The number of aromatic nitrogens is 2. The van der Waals surface area contributed by atoms with Gasteiger partial charge in [0.2, 0.25) is 0 Å². The van der Waals surface area contributed by atoms with Crippen LogP contribution in [0.1, 0.15) is 23.0 Å². The van der Waals surface area contributed by atoms with Crippen LogP contribution in [-0.2, 0) is 0 Å². The molecule has 0 aliphatic rings. The molecule has 0 fully saturated rings. The Kier molecular flexibility index (Phi) is 4.77. The summed E-state index contributed by atoms with van der Waals surface area (Å²) in [6.45, 7) is 2.55. The van der Waals surface area contributed by atoms with E-state index in [-0.39, 0.29) is 5.69 Å². The molecule has 1 aromatic heterocycles. The smallest absolute Gasteiger partial charge is 0.291 e. The minimum absolute atomic E-state index is 0.219. The van der Waals surface area contributed by atoms with Crippen molar-refractivity contribution in [3.05, 3.63) is 54.1 Å². The molecular formula is C14H14N4O2. The van der Waals surface area contributed by atoms with Gasteiger partial charge in [0.05, 0.1) is 19.0 Å². The van der Waals surface area contributed by atoms with Gasteiger partial charge in [-0.15, -0.1) is 0 Å². The molecule has 1 N–H and O–H groups in total. The molecule has 0 aliphatic heterocycles. The molecule has 1 amide bonds. The molecule has 0 saturated heterocycles. The molecule has 0 atom stereocenters. The third-order valence-electron chi connectivity index (χ3n) is 2.37. The fourth-order valence-corrected chi connectivity index (χ4v) is 1.46. The Bertz CT molecular complexity index is 582. The van der Waals surface area contributed by atoms with Crippen molar-refractivity contribution >= 4 is 12.1 Å². The summed E-state index contributed by atoms with van der Waals surface area (Å²) in [5.74, 6) is 0.397. The lowest BCUT2D eigenvalue weighted by Gasteiger charge is -2.02. The summed E-state index contributed by atoms with van der Waals surface area (Å²) in [5, 5.41) is 3.86. The van der Waals surface area contributed by atoms with Crippen molar-refractivity contribution in [1.29, 1.82) is 0 Å². The number of carbonyl (C=O) groups excluding carboxylic acids is 1. The number of ether oxygens (including phenoxy) is 1. The Morgan fingerprint density at radius 1 is 1.35 bits per heavy atom. The Hall–Kier alpha value is -2.76. The Morgan fingerprint density at radius 2 is 2.15 bits per heavy atom. The first-order valence-corrected chi connectivity index (χ1v) is 6.12. The van der Waals surface area contributed by atoms with E-state index in [9.17, 15) is 4.79 Å². The molecule has 0 spiro atoms. The summed E-state index contributed by atoms with van der Waals surface area (Å²) in [4.78, 5) is 19.3. The fourth-order valence-electron chi connectivity index (χ4n) is 1.46. The molecule has 0 bridgehead atoms. The summed E-state index contributed by atoms with van der Waals surface area (Å²) in [5.41, 5.74) is 3.46. The minimum Gasteiger partial charge on any atom is -0.494 e. The van der Waals surface area contributed by atoms with Crippen LogP contribution >= 0.6 is 0 Å². The van der Waals surface area contributed by atoms with Gasteiger partial charge in [0.15, 0.2) is 0 Å². The normalized spacial score (nSPS) is 10.4. The molecule has 1 heterocycles. The molecule has 0 radical (unpaired) electrons. The van der Waals surface area contributed by atoms with Gasteiger partial charge >= 0.3 is 0 Å². The second kappa shape index (κ2) is 6.98. The number of carbonyl (C=O) groups is 1. The van der Waals surface area contributed by atoms with E-state index < -0.39 is 5.91 Å². The van der Waals surface area contributed by atoms with Gasteiger partial charge in [-0.2, -0.15) is 5.10 Å². The highest BCUT2D eigenvalue weighted by Crippen LogP contribution is 2.10. The molecule has 102 valence electrons. The molecular weight excluding hydrogens is 256 g/mol. The highest BCUT2D eigenvalue weighted by molar-refractivity contribution is 5.92.